The Kier molecular flexibility index (Phi) is 5.94. The summed E-state index contributed by atoms with van der Waals surface area (Å²) in [6.45, 7) is 7.77. The van der Waals surface area contributed by atoms with Gasteiger partial charge < -0.3 is 14.7 Å². The molecule has 0 bridgehead atoms. The fraction of sp³-hybridized carbons (Fsp3) is 0.476. The van der Waals surface area contributed by atoms with Gasteiger partial charge in [0.25, 0.3) is 11.8 Å². The third-order valence-corrected chi connectivity index (χ3v) is 4.94. The largest absolute Gasteiger partial charge is 0.360 e. The van der Waals surface area contributed by atoms with Crippen LogP contribution in [0.5, 0.6) is 0 Å². The van der Waals surface area contributed by atoms with Gasteiger partial charge in [0.2, 0.25) is 0 Å². The molecule has 0 unspecified atom stereocenters. The highest BCUT2D eigenvalue weighted by molar-refractivity contribution is 5.96. The van der Waals surface area contributed by atoms with Crippen LogP contribution in [-0.2, 0) is 6.54 Å². The maximum Gasteiger partial charge on any atom is 0.257 e. The van der Waals surface area contributed by atoms with Crippen LogP contribution in [0.3, 0.4) is 0 Å². The molecule has 6 nitrogen and oxygen atoms in total. The molecule has 1 N–H and O–H groups in total. The number of carbonyl (C=O) groups is 2. The second-order valence-electron chi connectivity index (χ2n) is 7.39. The lowest BCUT2D eigenvalue weighted by Gasteiger charge is -2.26. The molecule has 27 heavy (non-hydrogen) atoms. The van der Waals surface area contributed by atoms with Gasteiger partial charge in [-0.25, -0.2) is 0 Å². The summed E-state index contributed by atoms with van der Waals surface area (Å²) in [6.07, 6.45) is 3.36. The van der Waals surface area contributed by atoms with Crippen molar-refractivity contribution >= 4 is 11.8 Å². The average Bonchev–Trinajstić information content (AvgIpc) is 3.08. The van der Waals surface area contributed by atoms with Gasteiger partial charge in [-0.1, -0.05) is 31.1 Å². The fourth-order valence-electron chi connectivity index (χ4n) is 3.37. The Balaban J connectivity index is 1.61. The predicted octanol–water partition coefficient (Wildman–Crippen LogP) is 3.66. The number of benzene rings is 1. The van der Waals surface area contributed by atoms with Gasteiger partial charge in [0.15, 0.2) is 5.76 Å². The third kappa shape index (κ3) is 4.38. The van der Waals surface area contributed by atoms with Crippen LogP contribution >= 0.6 is 0 Å². The van der Waals surface area contributed by atoms with Crippen LogP contribution in [0.2, 0.25) is 0 Å². The molecule has 0 aliphatic carbocycles. The van der Waals surface area contributed by atoms with Gasteiger partial charge in [0, 0.05) is 31.1 Å². The van der Waals surface area contributed by atoms with Crippen molar-refractivity contribution in [3.63, 3.8) is 0 Å². The second kappa shape index (κ2) is 8.37. The number of nitrogens with one attached hydrogen (secondary N) is 1. The Bertz CT molecular complexity index is 803. The summed E-state index contributed by atoms with van der Waals surface area (Å²) >= 11 is 0. The maximum atomic E-state index is 12.5. The monoisotopic (exact) mass is 369 g/mol. The number of hydrogen-bond donors (Lipinski definition) is 1. The fourth-order valence-corrected chi connectivity index (χ4v) is 3.37. The molecule has 1 fully saturated rings. The van der Waals surface area contributed by atoms with E-state index in [9.17, 15) is 9.59 Å². The summed E-state index contributed by atoms with van der Waals surface area (Å²) in [6, 6.07) is 7.45. The third-order valence-electron chi connectivity index (χ3n) is 4.94. The predicted molar refractivity (Wildman–Crippen MR) is 103 cm³/mol. The summed E-state index contributed by atoms with van der Waals surface area (Å²) in [4.78, 5) is 27.0. The van der Waals surface area contributed by atoms with Crippen LogP contribution in [0.1, 0.15) is 76.8 Å². The molecule has 0 saturated carbocycles. The zero-order chi connectivity index (χ0) is 19.4. The van der Waals surface area contributed by atoms with E-state index in [1.54, 1.807) is 6.92 Å². The van der Waals surface area contributed by atoms with Crippen molar-refractivity contribution in [1.29, 1.82) is 0 Å². The van der Waals surface area contributed by atoms with Gasteiger partial charge in [-0.15, -0.1) is 0 Å². The Morgan fingerprint density at radius 3 is 2.44 bits per heavy atom. The topological polar surface area (TPSA) is 75.4 Å². The summed E-state index contributed by atoms with van der Waals surface area (Å²) < 4.78 is 5.28. The Morgan fingerprint density at radius 1 is 1.15 bits per heavy atom. The van der Waals surface area contributed by atoms with Crippen LogP contribution in [0.4, 0.5) is 0 Å². The van der Waals surface area contributed by atoms with Crippen LogP contribution in [0.15, 0.2) is 28.8 Å². The van der Waals surface area contributed by atoms with E-state index in [2.05, 4.69) is 10.5 Å². The van der Waals surface area contributed by atoms with Crippen LogP contribution < -0.4 is 5.32 Å². The van der Waals surface area contributed by atoms with Crippen molar-refractivity contribution in [1.82, 2.24) is 15.4 Å². The van der Waals surface area contributed by atoms with E-state index in [0.29, 0.717) is 29.1 Å². The van der Waals surface area contributed by atoms with Gasteiger partial charge in [-0.05, 0) is 43.9 Å². The molecule has 144 valence electrons. The van der Waals surface area contributed by atoms with Gasteiger partial charge in [-0.3, -0.25) is 9.59 Å². The molecule has 1 aromatic heterocycles. The number of nitrogens with zero attached hydrogens (tertiary/aromatic N) is 2. The highest BCUT2D eigenvalue weighted by atomic mass is 16.5. The molecule has 0 spiro atoms. The normalized spacial score (nSPS) is 14.4. The minimum Gasteiger partial charge on any atom is -0.360 e. The maximum absolute atomic E-state index is 12.5. The van der Waals surface area contributed by atoms with Gasteiger partial charge >= 0.3 is 0 Å². The number of carbonyl (C=O) groups excluding carboxylic acids is 2. The SMILES string of the molecule is Cc1noc(C(C)C)c1C(=O)NCc1ccc(C(=O)N2CCCCC2)cc1. The molecule has 0 atom stereocenters. The zero-order valence-corrected chi connectivity index (χ0v) is 16.2. The number of hydrogen-bond acceptors (Lipinski definition) is 4. The number of aryl methyl sites for hydroxylation is 1. The highest BCUT2D eigenvalue weighted by Gasteiger charge is 2.22. The van der Waals surface area contributed by atoms with E-state index in [1.807, 2.05) is 43.0 Å². The lowest BCUT2D eigenvalue weighted by molar-refractivity contribution is 0.0724. The van der Waals surface area contributed by atoms with Crippen LogP contribution in [0.25, 0.3) is 0 Å². The van der Waals surface area contributed by atoms with Crippen LogP contribution in [-0.4, -0.2) is 35.0 Å². The molecule has 1 aromatic carbocycles. The first-order valence-corrected chi connectivity index (χ1v) is 9.60. The van der Waals surface area contributed by atoms with E-state index in [4.69, 9.17) is 4.52 Å². The van der Waals surface area contributed by atoms with Crippen molar-refractivity contribution in [2.24, 2.45) is 0 Å². The van der Waals surface area contributed by atoms with Gasteiger partial charge in [-0.2, -0.15) is 0 Å². The highest BCUT2D eigenvalue weighted by Crippen LogP contribution is 2.22. The molecule has 2 aromatic rings. The molecule has 1 saturated heterocycles. The molecule has 0 radical (unpaired) electrons. The molecule has 1 aliphatic rings. The van der Waals surface area contributed by atoms with Crippen molar-refractivity contribution < 1.29 is 14.1 Å². The summed E-state index contributed by atoms with van der Waals surface area (Å²) in [7, 11) is 0. The first-order chi connectivity index (χ1) is 13.0. The van der Waals surface area contributed by atoms with Crippen molar-refractivity contribution in [3.8, 4) is 0 Å². The number of aromatic nitrogens is 1. The molecular formula is C21H27N3O3. The van der Waals surface area contributed by atoms with Crippen molar-refractivity contribution in [3.05, 3.63) is 52.4 Å². The minimum atomic E-state index is -0.189. The minimum absolute atomic E-state index is 0.0898. The van der Waals surface area contributed by atoms with E-state index in [0.717, 1.165) is 31.5 Å². The summed E-state index contributed by atoms with van der Waals surface area (Å²) in [5.74, 6) is 0.595. The summed E-state index contributed by atoms with van der Waals surface area (Å²) in [5, 5.41) is 6.83. The zero-order valence-electron chi connectivity index (χ0n) is 16.2. The number of likely N-dealkylation sites (tertiary alicyclic amines) is 1. The molecule has 3 rings (SSSR count). The molecule has 1 aliphatic heterocycles. The lowest BCUT2D eigenvalue weighted by atomic mass is 10.0. The van der Waals surface area contributed by atoms with E-state index in [-0.39, 0.29) is 17.7 Å². The number of amides is 2. The van der Waals surface area contributed by atoms with Gasteiger partial charge in [0.05, 0.1) is 5.69 Å². The standard InChI is InChI=1S/C21H27N3O3/c1-14(2)19-18(15(3)23-27-19)20(25)22-13-16-7-9-17(10-8-16)21(26)24-11-5-4-6-12-24/h7-10,14H,4-6,11-13H2,1-3H3,(H,22,25). The average molecular weight is 369 g/mol. The summed E-state index contributed by atoms with van der Waals surface area (Å²) in [5.41, 5.74) is 2.75. The molecule has 2 heterocycles. The van der Waals surface area contributed by atoms with Crippen molar-refractivity contribution in [2.45, 2.75) is 52.5 Å². The van der Waals surface area contributed by atoms with E-state index < -0.39 is 0 Å². The van der Waals surface area contributed by atoms with Gasteiger partial charge in [0.1, 0.15) is 5.56 Å². The molecule has 2 amide bonds. The Labute approximate surface area is 159 Å². The number of rotatable bonds is 5. The van der Waals surface area contributed by atoms with E-state index >= 15 is 0 Å². The van der Waals surface area contributed by atoms with Crippen molar-refractivity contribution in [2.75, 3.05) is 13.1 Å². The first kappa shape index (κ1) is 19.1. The smallest absolute Gasteiger partial charge is 0.257 e. The number of piperidine rings is 1. The van der Waals surface area contributed by atoms with Crippen LogP contribution in [0, 0.1) is 6.92 Å². The molecular weight excluding hydrogens is 342 g/mol. The Morgan fingerprint density at radius 2 is 1.81 bits per heavy atom. The first-order valence-electron chi connectivity index (χ1n) is 9.60. The Hall–Kier alpha value is -2.63. The molecule has 6 heteroatoms. The quantitative estimate of drug-likeness (QED) is 0.873. The lowest BCUT2D eigenvalue weighted by Crippen LogP contribution is -2.35. The van der Waals surface area contributed by atoms with E-state index in [1.165, 1.54) is 6.42 Å². The second-order valence-corrected chi connectivity index (χ2v) is 7.39.